The molecule has 3 amide bonds. The molecule has 0 saturated carbocycles. The van der Waals surface area contributed by atoms with Crippen LogP contribution in [0.5, 0.6) is 0 Å². The number of hydrogen-bond donors (Lipinski definition) is 3. The first-order valence-corrected chi connectivity index (χ1v) is 8.33. The Morgan fingerprint density at radius 2 is 2.00 bits per heavy atom. The summed E-state index contributed by atoms with van der Waals surface area (Å²) < 4.78 is 0. The molecule has 0 bridgehead atoms. The van der Waals surface area contributed by atoms with Crippen LogP contribution in [0, 0.1) is 5.92 Å². The third kappa shape index (κ3) is 6.08. The number of nitrogens with zero attached hydrogens (tertiary/aromatic N) is 1. The maximum Gasteiger partial charge on any atom is 0.319 e. The van der Waals surface area contributed by atoms with E-state index in [9.17, 15) is 9.59 Å². The molecule has 1 atom stereocenters. The summed E-state index contributed by atoms with van der Waals surface area (Å²) in [5.74, 6) is -0.320. The molecule has 7 heteroatoms. The third-order valence-corrected chi connectivity index (χ3v) is 3.74. The Hall–Kier alpha value is -2.60. The SMILES string of the molecule is CC(C)[C@H](NC(=O)Nc1cccc(Cl)c1)C(=O)NCc1cccnc1. The summed E-state index contributed by atoms with van der Waals surface area (Å²) in [5.41, 5.74) is 1.45. The van der Waals surface area contributed by atoms with E-state index in [0.717, 1.165) is 5.56 Å². The van der Waals surface area contributed by atoms with Crippen LogP contribution in [0.25, 0.3) is 0 Å². The van der Waals surface area contributed by atoms with Gasteiger partial charge in [0.2, 0.25) is 5.91 Å². The number of rotatable bonds is 6. The zero-order chi connectivity index (χ0) is 18.2. The smallest absolute Gasteiger partial charge is 0.319 e. The quantitative estimate of drug-likeness (QED) is 0.739. The molecule has 6 nitrogen and oxygen atoms in total. The lowest BCUT2D eigenvalue weighted by atomic mass is 10.0. The molecule has 3 N–H and O–H groups in total. The van der Waals surface area contributed by atoms with Crippen molar-refractivity contribution >= 4 is 29.2 Å². The van der Waals surface area contributed by atoms with Gasteiger partial charge in [0.15, 0.2) is 0 Å². The van der Waals surface area contributed by atoms with Crippen molar-refractivity contribution in [3.8, 4) is 0 Å². The Morgan fingerprint density at radius 3 is 2.64 bits per heavy atom. The number of hydrogen-bond acceptors (Lipinski definition) is 3. The summed E-state index contributed by atoms with van der Waals surface area (Å²) in [6, 6.07) is 9.36. The van der Waals surface area contributed by atoms with Crippen molar-refractivity contribution in [2.24, 2.45) is 5.92 Å². The summed E-state index contributed by atoms with van der Waals surface area (Å²) >= 11 is 5.89. The van der Waals surface area contributed by atoms with Gasteiger partial charge in [0, 0.05) is 29.6 Å². The number of amides is 3. The van der Waals surface area contributed by atoms with Crippen LogP contribution in [0.2, 0.25) is 5.02 Å². The molecule has 0 aliphatic heterocycles. The topological polar surface area (TPSA) is 83.1 Å². The predicted octanol–water partition coefficient (Wildman–Crippen LogP) is 3.20. The van der Waals surface area contributed by atoms with Crippen molar-refractivity contribution in [1.29, 1.82) is 0 Å². The Labute approximate surface area is 152 Å². The number of pyridine rings is 1. The van der Waals surface area contributed by atoms with Gasteiger partial charge in [-0.05, 0) is 35.7 Å². The molecule has 132 valence electrons. The number of carbonyl (C=O) groups excluding carboxylic acids is 2. The predicted molar refractivity (Wildman–Crippen MR) is 98.3 cm³/mol. The fourth-order valence-electron chi connectivity index (χ4n) is 2.21. The van der Waals surface area contributed by atoms with Crippen molar-refractivity contribution < 1.29 is 9.59 Å². The van der Waals surface area contributed by atoms with E-state index in [1.54, 1.807) is 42.7 Å². The number of anilines is 1. The van der Waals surface area contributed by atoms with Crippen LogP contribution in [-0.4, -0.2) is 23.0 Å². The van der Waals surface area contributed by atoms with Crippen molar-refractivity contribution in [1.82, 2.24) is 15.6 Å². The maximum atomic E-state index is 12.4. The molecule has 1 heterocycles. The average molecular weight is 361 g/mol. The van der Waals surface area contributed by atoms with E-state index in [0.29, 0.717) is 17.3 Å². The largest absolute Gasteiger partial charge is 0.350 e. The molecule has 2 aromatic rings. The van der Waals surface area contributed by atoms with Crippen molar-refractivity contribution in [3.63, 3.8) is 0 Å². The number of urea groups is 1. The van der Waals surface area contributed by atoms with E-state index in [4.69, 9.17) is 11.6 Å². The van der Waals surface area contributed by atoms with Crippen molar-refractivity contribution in [2.45, 2.75) is 26.4 Å². The molecule has 0 radical (unpaired) electrons. The highest BCUT2D eigenvalue weighted by atomic mass is 35.5. The first-order chi connectivity index (χ1) is 12.0. The molecule has 0 aliphatic carbocycles. The molecular weight excluding hydrogens is 340 g/mol. The van der Waals surface area contributed by atoms with Gasteiger partial charge in [-0.2, -0.15) is 0 Å². The fourth-order valence-corrected chi connectivity index (χ4v) is 2.40. The van der Waals surface area contributed by atoms with Crippen molar-refractivity contribution in [3.05, 3.63) is 59.4 Å². The van der Waals surface area contributed by atoms with Crippen LogP contribution in [0.4, 0.5) is 10.5 Å². The van der Waals surface area contributed by atoms with Gasteiger partial charge in [-0.15, -0.1) is 0 Å². The number of aromatic nitrogens is 1. The first kappa shape index (κ1) is 18.7. The number of nitrogens with one attached hydrogen (secondary N) is 3. The summed E-state index contributed by atoms with van der Waals surface area (Å²) in [5, 5.41) is 8.71. The molecule has 2 rings (SSSR count). The number of benzene rings is 1. The van der Waals surface area contributed by atoms with Crippen LogP contribution in [0.1, 0.15) is 19.4 Å². The van der Waals surface area contributed by atoms with Crippen LogP contribution in [0.3, 0.4) is 0 Å². The number of carbonyl (C=O) groups is 2. The average Bonchev–Trinajstić information content (AvgIpc) is 2.58. The highest BCUT2D eigenvalue weighted by molar-refractivity contribution is 6.30. The van der Waals surface area contributed by atoms with E-state index in [2.05, 4.69) is 20.9 Å². The highest BCUT2D eigenvalue weighted by Crippen LogP contribution is 2.15. The summed E-state index contributed by atoms with van der Waals surface area (Å²) in [7, 11) is 0. The molecule has 1 aromatic heterocycles. The lowest BCUT2D eigenvalue weighted by Gasteiger charge is -2.22. The summed E-state index contributed by atoms with van der Waals surface area (Å²) in [6.45, 7) is 4.09. The standard InChI is InChI=1S/C18H21ClN4O2/c1-12(2)16(17(24)21-11-13-5-4-8-20-10-13)23-18(25)22-15-7-3-6-14(19)9-15/h3-10,12,16H,11H2,1-2H3,(H,21,24)(H2,22,23,25)/t16-/m0/s1. The first-order valence-electron chi connectivity index (χ1n) is 7.95. The molecule has 25 heavy (non-hydrogen) atoms. The monoisotopic (exact) mass is 360 g/mol. The number of halogens is 1. The molecule has 1 aromatic carbocycles. The van der Waals surface area contributed by atoms with E-state index in [1.807, 2.05) is 19.9 Å². The molecule has 0 saturated heterocycles. The lowest BCUT2D eigenvalue weighted by Crippen LogP contribution is -2.50. The molecular formula is C18H21ClN4O2. The van der Waals surface area contributed by atoms with Gasteiger partial charge in [-0.1, -0.05) is 37.6 Å². The van der Waals surface area contributed by atoms with E-state index in [1.165, 1.54) is 0 Å². The van der Waals surface area contributed by atoms with Crippen LogP contribution < -0.4 is 16.0 Å². The van der Waals surface area contributed by atoms with Gasteiger partial charge < -0.3 is 16.0 Å². The zero-order valence-corrected chi connectivity index (χ0v) is 14.9. The Morgan fingerprint density at radius 1 is 1.20 bits per heavy atom. The fraction of sp³-hybridized carbons (Fsp3) is 0.278. The molecule has 0 unspecified atom stereocenters. The van der Waals surface area contributed by atoms with Gasteiger partial charge in [-0.3, -0.25) is 9.78 Å². The highest BCUT2D eigenvalue weighted by Gasteiger charge is 2.24. The second kappa shape index (κ2) is 9.03. The van der Waals surface area contributed by atoms with Crippen LogP contribution in [0.15, 0.2) is 48.8 Å². The third-order valence-electron chi connectivity index (χ3n) is 3.51. The minimum absolute atomic E-state index is 0.0704. The minimum atomic E-state index is -0.657. The zero-order valence-electron chi connectivity index (χ0n) is 14.1. The Balaban J connectivity index is 1.92. The normalized spacial score (nSPS) is 11.7. The molecule has 0 aliphatic rings. The summed E-state index contributed by atoms with van der Waals surface area (Å²) in [6.07, 6.45) is 3.36. The lowest BCUT2D eigenvalue weighted by molar-refractivity contribution is -0.124. The molecule has 0 spiro atoms. The molecule has 0 fully saturated rings. The Kier molecular flexibility index (Phi) is 6.77. The van der Waals surface area contributed by atoms with E-state index < -0.39 is 12.1 Å². The van der Waals surface area contributed by atoms with Gasteiger partial charge in [0.1, 0.15) is 6.04 Å². The minimum Gasteiger partial charge on any atom is -0.350 e. The van der Waals surface area contributed by atoms with E-state index in [-0.39, 0.29) is 11.8 Å². The Bertz CT molecular complexity index is 722. The second-order valence-corrected chi connectivity index (χ2v) is 6.35. The second-order valence-electron chi connectivity index (χ2n) is 5.91. The van der Waals surface area contributed by atoms with Gasteiger partial charge in [0.25, 0.3) is 0 Å². The van der Waals surface area contributed by atoms with Crippen LogP contribution >= 0.6 is 11.6 Å². The van der Waals surface area contributed by atoms with Gasteiger partial charge in [-0.25, -0.2) is 4.79 Å². The van der Waals surface area contributed by atoms with Gasteiger partial charge in [0.05, 0.1) is 0 Å². The van der Waals surface area contributed by atoms with Gasteiger partial charge >= 0.3 is 6.03 Å². The van der Waals surface area contributed by atoms with Crippen LogP contribution in [-0.2, 0) is 11.3 Å². The van der Waals surface area contributed by atoms with Crippen molar-refractivity contribution in [2.75, 3.05) is 5.32 Å². The summed E-state index contributed by atoms with van der Waals surface area (Å²) in [4.78, 5) is 28.6. The van der Waals surface area contributed by atoms with E-state index >= 15 is 0 Å². The maximum absolute atomic E-state index is 12.4.